The minimum absolute atomic E-state index is 0.0199. The molecule has 0 radical (unpaired) electrons. The third-order valence-corrected chi connectivity index (χ3v) is 5.34. The Kier molecular flexibility index (Phi) is 4.82. The number of amides is 1. The molecule has 1 fully saturated rings. The van der Waals surface area contributed by atoms with Crippen LogP contribution in [-0.4, -0.2) is 44.0 Å². The van der Waals surface area contributed by atoms with Crippen molar-refractivity contribution in [1.29, 1.82) is 0 Å². The van der Waals surface area contributed by atoms with Gasteiger partial charge in [-0.3, -0.25) is 14.4 Å². The highest BCUT2D eigenvalue weighted by Crippen LogP contribution is 2.36. The number of furan rings is 1. The topological polar surface area (TPSA) is 95.3 Å². The standard InChI is InChI=1S/C23H19NO7/c25-17(20-9-14-3-1-2-4-18(14)31-20)13-30-23(27)15-10-22(26)24(12-15)16-5-6-19-21(11-16)29-8-7-28-19/h1-6,9,11,15H,7-8,10,12-13H2/t15-/m0/s1. The molecule has 3 heterocycles. The molecule has 8 heteroatoms. The largest absolute Gasteiger partial charge is 0.486 e. The molecule has 1 atom stereocenters. The van der Waals surface area contributed by atoms with Crippen LogP contribution in [0.2, 0.25) is 0 Å². The molecule has 0 N–H and O–H groups in total. The highest BCUT2D eigenvalue weighted by Gasteiger charge is 2.37. The molecule has 0 unspecified atom stereocenters. The molecule has 3 aromatic rings. The van der Waals surface area contributed by atoms with E-state index in [-0.39, 0.29) is 24.6 Å². The van der Waals surface area contributed by atoms with Gasteiger partial charge in [-0.05, 0) is 24.3 Å². The van der Waals surface area contributed by atoms with E-state index in [1.54, 1.807) is 30.3 Å². The number of nitrogens with zero attached hydrogens (tertiary/aromatic N) is 1. The lowest BCUT2D eigenvalue weighted by Gasteiger charge is -2.22. The Morgan fingerprint density at radius 2 is 1.84 bits per heavy atom. The van der Waals surface area contributed by atoms with E-state index in [2.05, 4.69) is 0 Å². The smallest absolute Gasteiger partial charge is 0.311 e. The minimum Gasteiger partial charge on any atom is -0.486 e. The van der Waals surface area contributed by atoms with Crippen molar-refractivity contribution in [2.24, 2.45) is 5.92 Å². The SMILES string of the molecule is O=C(COC(=O)[C@H]1CC(=O)N(c2ccc3c(c2)OCCO3)C1)c1cc2ccccc2o1. The van der Waals surface area contributed by atoms with Gasteiger partial charge in [0.1, 0.15) is 18.8 Å². The highest BCUT2D eigenvalue weighted by molar-refractivity contribution is 6.01. The predicted octanol–water partition coefficient (Wildman–Crippen LogP) is 2.98. The number of anilines is 1. The predicted molar refractivity (Wildman–Crippen MR) is 109 cm³/mol. The van der Waals surface area contributed by atoms with Gasteiger partial charge in [0.25, 0.3) is 0 Å². The second-order valence-electron chi connectivity index (χ2n) is 7.41. The number of hydrogen-bond donors (Lipinski definition) is 0. The van der Waals surface area contributed by atoms with Gasteiger partial charge in [0, 0.05) is 30.1 Å². The van der Waals surface area contributed by atoms with Crippen LogP contribution in [0, 0.1) is 5.92 Å². The van der Waals surface area contributed by atoms with Gasteiger partial charge >= 0.3 is 5.97 Å². The van der Waals surface area contributed by atoms with Crippen molar-refractivity contribution in [2.75, 3.05) is 31.3 Å². The van der Waals surface area contributed by atoms with Crippen molar-refractivity contribution in [2.45, 2.75) is 6.42 Å². The zero-order valence-electron chi connectivity index (χ0n) is 16.5. The number of rotatable bonds is 5. The maximum absolute atomic E-state index is 12.5. The van der Waals surface area contributed by atoms with Crippen LogP contribution in [0.1, 0.15) is 17.0 Å². The normalized spacial score (nSPS) is 17.7. The number of carbonyl (C=O) groups excluding carboxylic acids is 3. The Hall–Kier alpha value is -3.81. The number of ether oxygens (including phenoxy) is 3. The highest BCUT2D eigenvalue weighted by atomic mass is 16.6. The monoisotopic (exact) mass is 421 g/mol. The number of hydrogen-bond acceptors (Lipinski definition) is 7. The average molecular weight is 421 g/mol. The van der Waals surface area contributed by atoms with Crippen LogP contribution in [0.4, 0.5) is 5.69 Å². The van der Waals surface area contributed by atoms with Crippen LogP contribution < -0.4 is 14.4 Å². The first-order valence-electron chi connectivity index (χ1n) is 9.97. The zero-order valence-corrected chi connectivity index (χ0v) is 16.5. The molecule has 1 amide bonds. The summed E-state index contributed by atoms with van der Waals surface area (Å²) >= 11 is 0. The average Bonchev–Trinajstić information content (AvgIpc) is 3.40. The third-order valence-electron chi connectivity index (χ3n) is 5.34. The molecule has 31 heavy (non-hydrogen) atoms. The molecule has 8 nitrogen and oxygen atoms in total. The fourth-order valence-corrected chi connectivity index (χ4v) is 3.76. The van der Waals surface area contributed by atoms with E-state index in [4.69, 9.17) is 18.6 Å². The molecule has 0 saturated carbocycles. The van der Waals surface area contributed by atoms with Gasteiger partial charge in [-0.25, -0.2) is 0 Å². The summed E-state index contributed by atoms with van der Waals surface area (Å²) in [4.78, 5) is 38.8. The van der Waals surface area contributed by atoms with Crippen molar-refractivity contribution in [3.8, 4) is 11.5 Å². The fraction of sp³-hybridized carbons (Fsp3) is 0.261. The summed E-state index contributed by atoms with van der Waals surface area (Å²) < 4.78 is 21.7. The molecule has 0 spiro atoms. The molecule has 158 valence electrons. The summed E-state index contributed by atoms with van der Waals surface area (Å²) in [7, 11) is 0. The van der Waals surface area contributed by atoms with Crippen LogP contribution in [0.3, 0.4) is 0 Å². The second-order valence-corrected chi connectivity index (χ2v) is 7.41. The summed E-state index contributed by atoms with van der Waals surface area (Å²) in [6.07, 6.45) is 0.0199. The van der Waals surface area contributed by atoms with Crippen molar-refractivity contribution in [1.82, 2.24) is 0 Å². The lowest BCUT2D eigenvalue weighted by Crippen LogP contribution is -2.27. The molecule has 5 rings (SSSR count). The van der Waals surface area contributed by atoms with E-state index < -0.39 is 24.3 Å². The van der Waals surface area contributed by atoms with Crippen molar-refractivity contribution in [3.63, 3.8) is 0 Å². The minimum atomic E-state index is -0.649. The van der Waals surface area contributed by atoms with E-state index in [0.717, 1.165) is 5.39 Å². The van der Waals surface area contributed by atoms with E-state index in [0.29, 0.717) is 36.0 Å². The summed E-state index contributed by atoms with van der Waals surface area (Å²) in [6, 6.07) is 14.1. The quantitative estimate of drug-likeness (QED) is 0.462. The lowest BCUT2D eigenvalue weighted by molar-refractivity contribution is -0.147. The Labute approximate surface area is 177 Å². The molecule has 2 aromatic carbocycles. The Balaban J connectivity index is 1.21. The summed E-state index contributed by atoms with van der Waals surface area (Å²) in [5.74, 6) is -0.531. The Morgan fingerprint density at radius 3 is 2.68 bits per heavy atom. The van der Waals surface area contributed by atoms with E-state index >= 15 is 0 Å². The third kappa shape index (κ3) is 3.72. The van der Waals surface area contributed by atoms with Gasteiger partial charge in [0.2, 0.25) is 11.7 Å². The number of benzene rings is 2. The second kappa shape index (κ2) is 7.79. The first-order chi connectivity index (χ1) is 15.1. The number of fused-ring (bicyclic) bond motifs is 2. The van der Waals surface area contributed by atoms with Gasteiger partial charge in [-0.1, -0.05) is 18.2 Å². The van der Waals surface area contributed by atoms with E-state index in [1.807, 2.05) is 18.2 Å². The summed E-state index contributed by atoms with van der Waals surface area (Å²) in [5.41, 5.74) is 1.22. The molecule has 2 aliphatic rings. The number of carbonyl (C=O) groups is 3. The summed E-state index contributed by atoms with van der Waals surface area (Å²) in [6.45, 7) is 0.664. The van der Waals surface area contributed by atoms with Crippen LogP contribution in [0.5, 0.6) is 11.5 Å². The molecule has 1 aromatic heterocycles. The first kappa shape index (κ1) is 19.2. The van der Waals surface area contributed by atoms with Crippen LogP contribution in [-0.2, 0) is 14.3 Å². The van der Waals surface area contributed by atoms with Gasteiger partial charge in [0.05, 0.1) is 5.92 Å². The Morgan fingerprint density at radius 1 is 1.03 bits per heavy atom. The molecule has 0 bridgehead atoms. The maximum Gasteiger partial charge on any atom is 0.311 e. The van der Waals surface area contributed by atoms with Crippen molar-refractivity contribution in [3.05, 3.63) is 54.3 Å². The molecular formula is C23H19NO7. The number of esters is 1. The van der Waals surface area contributed by atoms with Crippen LogP contribution in [0.25, 0.3) is 11.0 Å². The number of ketones is 1. The Bertz CT molecular complexity index is 1150. The fourth-order valence-electron chi connectivity index (χ4n) is 3.76. The molecule has 2 aliphatic heterocycles. The van der Waals surface area contributed by atoms with E-state index in [9.17, 15) is 14.4 Å². The van der Waals surface area contributed by atoms with Crippen molar-refractivity contribution >= 4 is 34.3 Å². The zero-order chi connectivity index (χ0) is 21.4. The molecule has 0 aliphatic carbocycles. The maximum atomic E-state index is 12.5. The number of Topliss-reactive ketones (excluding diaryl/α,β-unsaturated/α-hetero) is 1. The van der Waals surface area contributed by atoms with Crippen molar-refractivity contribution < 1.29 is 33.0 Å². The molecule has 1 saturated heterocycles. The van der Waals surface area contributed by atoms with Crippen LogP contribution in [0.15, 0.2) is 52.9 Å². The number of para-hydroxylation sites is 1. The van der Waals surface area contributed by atoms with Gasteiger partial charge < -0.3 is 23.5 Å². The van der Waals surface area contributed by atoms with Gasteiger partial charge in [-0.15, -0.1) is 0 Å². The lowest BCUT2D eigenvalue weighted by atomic mass is 10.1. The van der Waals surface area contributed by atoms with Crippen LogP contribution >= 0.6 is 0 Å². The first-order valence-corrected chi connectivity index (χ1v) is 9.97. The summed E-state index contributed by atoms with van der Waals surface area (Å²) in [5, 5.41) is 0.800. The van der Waals surface area contributed by atoms with E-state index in [1.165, 1.54) is 4.90 Å². The molecular weight excluding hydrogens is 402 g/mol. The van der Waals surface area contributed by atoms with Gasteiger partial charge in [-0.2, -0.15) is 0 Å². The van der Waals surface area contributed by atoms with Gasteiger partial charge in [0.15, 0.2) is 23.9 Å².